The summed E-state index contributed by atoms with van der Waals surface area (Å²) in [4.78, 5) is 0. The van der Waals surface area contributed by atoms with Gasteiger partial charge in [0.1, 0.15) is 5.75 Å². The standard InChI is InChI=1S/C15H16ClNO/c1-2-12(16)11-8-17-13-7-14(18)9-5-3-4-6-10(9)15(11)13/h3-7,11-12,17-18H,2,8H2,1H3/t11-,12+/m0/s1. The van der Waals surface area contributed by atoms with Gasteiger partial charge in [-0.05, 0) is 17.4 Å². The summed E-state index contributed by atoms with van der Waals surface area (Å²) in [6.45, 7) is 2.96. The highest BCUT2D eigenvalue weighted by Crippen LogP contribution is 2.44. The Hall–Kier alpha value is -1.41. The molecule has 3 rings (SSSR count). The van der Waals surface area contributed by atoms with Crippen LogP contribution in [0.3, 0.4) is 0 Å². The van der Waals surface area contributed by atoms with Gasteiger partial charge in [-0.1, -0.05) is 31.2 Å². The van der Waals surface area contributed by atoms with Crippen LogP contribution >= 0.6 is 11.6 Å². The van der Waals surface area contributed by atoms with E-state index in [9.17, 15) is 5.11 Å². The molecular formula is C15H16ClNO. The van der Waals surface area contributed by atoms with Crippen molar-refractivity contribution in [1.29, 1.82) is 0 Å². The predicted molar refractivity (Wildman–Crippen MR) is 76.8 cm³/mol. The molecule has 94 valence electrons. The van der Waals surface area contributed by atoms with Crippen LogP contribution in [0, 0.1) is 0 Å². The number of fused-ring (bicyclic) bond motifs is 3. The van der Waals surface area contributed by atoms with Crippen molar-refractivity contribution in [3.63, 3.8) is 0 Å². The van der Waals surface area contributed by atoms with Crippen LogP contribution < -0.4 is 5.32 Å². The molecule has 0 fully saturated rings. The Bertz CT molecular complexity index is 596. The van der Waals surface area contributed by atoms with E-state index < -0.39 is 0 Å². The lowest BCUT2D eigenvalue weighted by atomic mass is 9.91. The molecule has 0 unspecified atom stereocenters. The van der Waals surface area contributed by atoms with E-state index in [1.54, 1.807) is 0 Å². The molecule has 2 N–H and O–H groups in total. The minimum absolute atomic E-state index is 0.131. The number of aromatic hydroxyl groups is 1. The summed E-state index contributed by atoms with van der Waals surface area (Å²) in [6, 6.07) is 9.79. The molecule has 0 aliphatic carbocycles. The van der Waals surface area contributed by atoms with E-state index in [0.29, 0.717) is 11.7 Å². The van der Waals surface area contributed by atoms with E-state index in [1.807, 2.05) is 24.3 Å². The SMILES string of the molecule is CC[C@@H](Cl)[C@@H]1CNc2cc(O)c3ccccc3c21. The Kier molecular flexibility index (Phi) is 2.83. The van der Waals surface area contributed by atoms with Crippen molar-refractivity contribution in [2.45, 2.75) is 24.6 Å². The molecule has 2 nitrogen and oxygen atoms in total. The van der Waals surface area contributed by atoms with Crippen LogP contribution in [0.15, 0.2) is 30.3 Å². The molecule has 1 aliphatic heterocycles. The van der Waals surface area contributed by atoms with E-state index in [2.05, 4.69) is 18.3 Å². The van der Waals surface area contributed by atoms with Crippen molar-refractivity contribution >= 4 is 28.1 Å². The zero-order chi connectivity index (χ0) is 12.7. The number of phenols is 1. The molecule has 18 heavy (non-hydrogen) atoms. The minimum atomic E-state index is 0.131. The maximum atomic E-state index is 10.0. The normalized spacial score (nSPS) is 19.6. The predicted octanol–water partition coefficient (Wildman–Crippen LogP) is 4.07. The first-order valence-corrected chi connectivity index (χ1v) is 6.78. The van der Waals surface area contributed by atoms with E-state index in [1.165, 1.54) is 5.56 Å². The van der Waals surface area contributed by atoms with E-state index in [4.69, 9.17) is 11.6 Å². The first kappa shape index (κ1) is 11.7. The third kappa shape index (κ3) is 1.64. The second-order valence-electron chi connectivity index (χ2n) is 4.81. The van der Waals surface area contributed by atoms with Crippen molar-refractivity contribution in [1.82, 2.24) is 0 Å². The van der Waals surface area contributed by atoms with Crippen molar-refractivity contribution in [3.8, 4) is 5.75 Å². The van der Waals surface area contributed by atoms with Gasteiger partial charge >= 0.3 is 0 Å². The number of halogens is 1. The fourth-order valence-corrected chi connectivity index (χ4v) is 3.05. The summed E-state index contributed by atoms with van der Waals surface area (Å²) in [6.07, 6.45) is 0.947. The van der Waals surface area contributed by atoms with Crippen LogP contribution in [0.5, 0.6) is 5.75 Å². The van der Waals surface area contributed by atoms with E-state index >= 15 is 0 Å². The van der Waals surface area contributed by atoms with Crippen molar-refractivity contribution in [3.05, 3.63) is 35.9 Å². The number of rotatable bonds is 2. The summed E-state index contributed by atoms with van der Waals surface area (Å²) in [7, 11) is 0. The van der Waals surface area contributed by atoms with Gasteiger partial charge in [-0.25, -0.2) is 0 Å². The maximum Gasteiger partial charge on any atom is 0.125 e. The quantitative estimate of drug-likeness (QED) is 0.799. The molecule has 2 atom stereocenters. The molecule has 0 amide bonds. The van der Waals surface area contributed by atoms with Gasteiger partial charge in [-0.3, -0.25) is 0 Å². The topological polar surface area (TPSA) is 32.3 Å². The lowest BCUT2D eigenvalue weighted by Gasteiger charge is -2.17. The first-order valence-electron chi connectivity index (χ1n) is 6.35. The van der Waals surface area contributed by atoms with Gasteiger partial charge in [0.05, 0.1) is 0 Å². The molecule has 1 aliphatic rings. The maximum absolute atomic E-state index is 10.0. The average Bonchev–Trinajstić information content (AvgIpc) is 2.82. The largest absolute Gasteiger partial charge is 0.507 e. The van der Waals surface area contributed by atoms with Crippen molar-refractivity contribution in [2.24, 2.45) is 0 Å². The van der Waals surface area contributed by atoms with Crippen LogP contribution in [-0.2, 0) is 0 Å². The van der Waals surface area contributed by atoms with Gasteiger partial charge in [0.25, 0.3) is 0 Å². The fraction of sp³-hybridized carbons (Fsp3) is 0.333. The molecule has 0 saturated carbocycles. The van der Waals surface area contributed by atoms with Gasteiger partial charge in [0.2, 0.25) is 0 Å². The Balaban J connectivity index is 2.26. The summed E-state index contributed by atoms with van der Waals surface area (Å²) >= 11 is 6.44. The highest BCUT2D eigenvalue weighted by atomic mass is 35.5. The van der Waals surface area contributed by atoms with Crippen LogP contribution in [0.25, 0.3) is 10.8 Å². The number of alkyl halides is 1. The van der Waals surface area contributed by atoms with Gasteiger partial charge in [-0.15, -0.1) is 11.6 Å². The molecule has 2 aromatic rings. The van der Waals surface area contributed by atoms with Crippen LogP contribution in [0.2, 0.25) is 0 Å². The molecule has 2 aromatic carbocycles. The van der Waals surface area contributed by atoms with E-state index in [-0.39, 0.29) is 5.38 Å². The molecule has 0 saturated heterocycles. The highest BCUT2D eigenvalue weighted by Gasteiger charge is 2.30. The smallest absolute Gasteiger partial charge is 0.125 e. The number of hydrogen-bond donors (Lipinski definition) is 2. The molecule has 3 heteroatoms. The third-order valence-electron chi connectivity index (χ3n) is 3.77. The average molecular weight is 262 g/mol. The molecule has 0 radical (unpaired) electrons. The summed E-state index contributed by atoms with van der Waals surface area (Å²) in [5, 5.41) is 15.5. The second kappa shape index (κ2) is 4.36. The summed E-state index contributed by atoms with van der Waals surface area (Å²) in [5.41, 5.74) is 2.28. The number of hydrogen-bond acceptors (Lipinski definition) is 2. The minimum Gasteiger partial charge on any atom is -0.507 e. The van der Waals surface area contributed by atoms with Crippen LogP contribution in [0.4, 0.5) is 5.69 Å². The zero-order valence-corrected chi connectivity index (χ0v) is 11.0. The Morgan fingerprint density at radius 3 is 2.83 bits per heavy atom. The molecule has 0 aromatic heterocycles. The monoisotopic (exact) mass is 261 g/mol. The Morgan fingerprint density at radius 1 is 1.39 bits per heavy atom. The van der Waals surface area contributed by atoms with Crippen molar-refractivity contribution < 1.29 is 5.11 Å². The van der Waals surface area contributed by atoms with Gasteiger partial charge in [-0.2, -0.15) is 0 Å². The lowest BCUT2D eigenvalue weighted by molar-refractivity contribution is 0.482. The Morgan fingerprint density at radius 2 is 2.11 bits per heavy atom. The number of anilines is 1. The van der Waals surface area contributed by atoms with Gasteiger partial charge in [0.15, 0.2) is 0 Å². The molecule has 1 heterocycles. The van der Waals surface area contributed by atoms with E-state index in [0.717, 1.165) is 29.4 Å². The third-order valence-corrected chi connectivity index (χ3v) is 4.39. The number of nitrogens with one attached hydrogen (secondary N) is 1. The van der Waals surface area contributed by atoms with Crippen LogP contribution in [-0.4, -0.2) is 17.0 Å². The molecule has 0 bridgehead atoms. The summed E-state index contributed by atoms with van der Waals surface area (Å²) < 4.78 is 0. The number of benzene rings is 2. The molecule has 0 spiro atoms. The second-order valence-corrected chi connectivity index (χ2v) is 5.37. The highest BCUT2D eigenvalue weighted by molar-refractivity contribution is 6.21. The summed E-state index contributed by atoms with van der Waals surface area (Å²) in [5.74, 6) is 0.650. The lowest BCUT2D eigenvalue weighted by Crippen LogP contribution is -2.14. The number of phenolic OH excluding ortho intramolecular Hbond substituents is 1. The van der Waals surface area contributed by atoms with Gasteiger partial charge < -0.3 is 10.4 Å². The Labute approximate surface area is 112 Å². The van der Waals surface area contributed by atoms with Gasteiger partial charge in [0, 0.05) is 35.0 Å². The fourth-order valence-electron chi connectivity index (χ4n) is 2.84. The zero-order valence-electron chi connectivity index (χ0n) is 10.3. The first-order chi connectivity index (χ1) is 8.72. The van der Waals surface area contributed by atoms with Crippen molar-refractivity contribution in [2.75, 3.05) is 11.9 Å². The van der Waals surface area contributed by atoms with Crippen LogP contribution in [0.1, 0.15) is 24.8 Å². The molecular weight excluding hydrogens is 246 g/mol.